The van der Waals surface area contributed by atoms with Crippen molar-refractivity contribution >= 4 is 22.0 Å². The second-order valence-electron chi connectivity index (χ2n) is 9.07. The summed E-state index contributed by atoms with van der Waals surface area (Å²) in [5, 5.41) is 12.5. The fourth-order valence-electron chi connectivity index (χ4n) is 4.11. The number of hydrogen-bond acceptors (Lipinski definition) is 4. The van der Waals surface area contributed by atoms with E-state index in [0.29, 0.717) is 44.7 Å². The Morgan fingerprint density at radius 2 is 1.78 bits per heavy atom. The van der Waals surface area contributed by atoms with Gasteiger partial charge < -0.3 is 24.6 Å². The van der Waals surface area contributed by atoms with E-state index in [1.54, 1.807) is 22.5 Å². The summed E-state index contributed by atoms with van der Waals surface area (Å²) in [5.41, 5.74) is 2.37. The Hall–Kier alpha value is -3.24. The van der Waals surface area contributed by atoms with E-state index >= 15 is 0 Å². The molecule has 1 fully saturated rings. The number of ether oxygens (including phenoxy) is 1. The molecule has 0 spiro atoms. The molecule has 1 aliphatic heterocycles. The van der Waals surface area contributed by atoms with Crippen molar-refractivity contribution in [2.75, 3.05) is 13.1 Å². The first-order chi connectivity index (χ1) is 17.7. The molecule has 2 N–H and O–H groups in total. The molecule has 0 radical (unpaired) electrons. The Bertz CT molecular complexity index is 1320. The van der Waals surface area contributed by atoms with Crippen molar-refractivity contribution in [2.45, 2.75) is 45.6 Å². The first-order valence-corrected chi connectivity index (χ1v) is 12.8. The molecule has 1 aromatic heterocycles. The fourth-order valence-corrected chi connectivity index (χ4v) is 4.56. The number of aryl methyl sites for hydroxylation is 1. The summed E-state index contributed by atoms with van der Waals surface area (Å²) in [6, 6.07) is 12.4. The van der Waals surface area contributed by atoms with Crippen LogP contribution < -0.4 is 15.6 Å². The van der Waals surface area contributed by atoms with Gasteiger partial charge >= 0.3 is 6.03 Å². The number of aliphatic hydroxyl groups excluding tert-OH is 1. The average molecular weight is 576 g/mol. The van der Waals surface area contributed by atoms with Crippen molar-refractivity contribution in [3.05, 3.63) is 97.4 Å². The van der Waals surface area contributed by atoms with Crippen LogP contribution in [0.1, 0.15) is 35.2 Å². The molecule has 0 aliphatic carbocycles. The second-order valence-corrected chi connectivity index (χ2v) is 9.87. The van der Waals surface area contributed by atoms with Crippen molar-refractivity contribution in [3.63, 3.8) is 0 Å². The van der Waals surface area contributed by atoms with E-state index in [9.17, 15) is 23.5 Å². The zero-order valence-electron chi connectivity index (χ0n) is 20.3. The number of aliphatic hydroxyl groups is 1. The molecule has 37 heavy (non-hydrogen) atoms. The van der Waals surface area contributed by atoms with Crippen LogP contribution in [0.4, 0.5) is 13.6 Å². The number of likely N-dealkylation sites (tertiary alicyclic amines) is 1. The molecule has 0 unspecified atom stereocenters. The quantitative estimate of drug-likeness (QED) is 0.435. The minimum atomic E-state index is -0.712. The van der Waals surface area contributed by atoms with Crippen LogP contribution in [0.25, 0.3) is 0 Å². The molecule has 0 bridgehead atoms. The molecule has 196 valence electrons. The Kier molecular flexibility index (Phi) is 8.60. The van der Waals surface area contributed by atoms with Crippen molar-refractivity contribution in [2.24, 2.45) is 0 Å². The van der Waals surface area contributed by atoms with Crippen molar-refractivity contribution in [1.29, 1.82) is 0 Å². The number of urea groups is 1. The van der Waals surface area contributed by atoms with Crippen LogP contribution >= 0.6 is 15.9 Å². The van der Waals surface area contributed by atoms with Gasteiger partial charge in [0.1, 0.15) is 28.5 Å². The van der Waals surface area contributed by atoms with Gasteiger partial charge in [0.15, 0.2) is 0 Å². The average Bonchev–Trinajstić information content (AvgIpc) is 2.88. The van der Waals surface area contributed by atoms with Gasteiger partial charge in [-0.25, -0.2) is 13.6 Å². The zero-order valence-corrected chi connectivity index (χ0v) is 21.9. The third-order valence-corrected chi connectivity index (χ3v) is 7.10. The van der Waals surface area contributed by atoms with Crippen LogP contribution in [0.3, 0.4) is 0 Å². The number of benzene rings is 2. The largest absolute Gasteiger partial charge is 0.487 e. The Balaban J connectivity index is 1.37. The maximum atomic E-state index is 13.9. The normalized spacial score (nSPS) is 14.0. The van der Waals surface area contributed by atoms with E-state index in [1.165, 1.54) is 6.07 Å². The SMILES string of the molecule is Cc1cc(OCc2ccc(F)cc2F)c(Br)c(=O)n1Cc1ccc(CNC(=O)N2CCC(O)CC2)cc1. The van der Waals surface area contributed by atoms with Crippen molar-refractivity contribution in [3.8, 4) is 5.75 Å². The maximum Gasteiger partial charge on any atom is 0.317 e. The molecule has 0 saturated carbocycles. The molecule has 2 aromatic carbocycles. The van der Waals surface area contributed by atoms with Gasteiger partial charge in [-0.3, -0.25) is 4.79 Å². The first kappa shape index (κ1) is 26.8. The third kappa shape index (κ3) is 6.75. The second kappa shape index (κ2) is 11.9. The summed E-state index contributed by atoms with van der Waals surface area (Å²) in [6.07, 6.45) is 0.858. The number of carbonyl (C=O) groups is 1. The lowest BCUT2D eigenvalue weighted by Crippen LogP contribution is -2.45. The number of amides is 2. The van der Waals surface area contributed by atoms with E-state index in [2.05, 4.69) is 21.2 Å². The highest BCUT2D eigenvalue weighted by Crippen LogP contribution is 2.24. The number of piperidine rings is 1. The molecule has 2 heterocycles. The first-order valence-electron chi connectivity index (χ1n) is 12.0. The highest BCUT2D eigenvalue weighted by Gasteiger charge is 2.21. The number of rotatable bonds is 7. The number of nitrogens with zero attached hydrogens (tertiary/aromatic N) is 2. The van der Waals surface area contributed by atoms with Gasteiger partial charge in [-0.1, -0.05) is 24.3 Å². The molecule has 3 aromatic rings. The Labute approximate surface area is 221 Å². The molecular weight excluding hydrogens is 548 g/mol. The third-order valence-electron chi connectivity index (χ3n) is 6.37. The Morgan fingerprint density at radius 3 is 2.46 bits per heavy atom. The van der Waals surface area contributed by atoms with Crippen LogP contribution in [0.15, 0.2) is 57.8 Å². The van der Waals surface area contributed by atoms with Crippen LogP contribution in [0.2, 0.25) is 0 Å². The van der Waals surface area contributed by atoms with Crippen molar-refractivity contribution < 1.29 is 23.4 Å². The van der Waals surface area contributed by atoms with Crippen LogP contribution in [-0.4, -0.2) is 39.8 Å². The molecule has 7 nitrogen and oxygen atoms in total. The van der Waals surface area contributed by atoms with Gasteiger partial charge in [0, 0.05) is 43.0 Å². The zero-order chi connectivity index (χ0) is 26.5. The number of halogens is 3. The number of nitrogens with one attached hydrogen (secondary N) is 1. The molecule has 2 amide bonds. The topological polar surface area (TPSA) is 83.8 Å². The lowest BCUT2D eigenvalue weighted by atomic mass is 10.1. The summed E-state index contributed by atoms with van der Waals surface area (Å²) < 4.78 is 34.5. The van der Waals surface area contributed by atoms with Gasteiger partial charge in [-0.15, -0.1) is 0 Å². The number of aromatic nitrogens is 1. The molecule has 10 heteroatoms. The Morgan fingerprint density at radius 1 is 1.11 bits per heavy atom. The van der Waals surface area contributed by atoms with E-state index in [-0.39, 0.29) is 40.1 Å². The summed E-state index contributed by atoms with van der Waals surface area (Å²) in [7, 11) is 0. The molecule has 1 saturated heterocycles. The summed E-state index contributed by atoms with van der Waals surface area (Å²) in [4.78, 5) is 27.0. The lowest BCUT2D eigenvalue weighted by molar-refractivity contribution is 0.0936. The predicted octanol–water partition coefficient (Wildman–Crippen LogP) is 4.49. The molecule has 1 aliphatic rings. The fraction of sp³-hybridized carbons (Fsp3) is 0.333. The maximum absolute atomic E-state index is 13.9. The van der Waals surface area contributed by atoms with Gasteiger partial charge in [0.2, 0.25) is 0 Å². The van der Waals surface area contributed by atoms with E-state index in [1.807, 2.05) is 24.3 Å². The predicted molar refractivity (Wildman–Crippen MR) is 138 cm³/mol. The van der Waals surface area contributed by atoms with Gasteiger partial charge in [0.25, 0.3) is 5.56 Å². The van der Waals surface area contributed by atoms with Crippen molar-refractivity contribution in [1.82, 2.24) is 14.8 Å². The van der Waals surface area contributed by atoms with E-state index in [0.717, 1.165) is 23.3 Å². The van der Waals surface area contributed by atoms with E-state index < -0.39 is 11.6 Å². The standard InChI is InChI=1S/C27H28BrF2N3O4/c1-17-12-24(37-16-20-6-7-21(29)13-23(20)30)25(28)26(35)33(17)15-19-4-2-18(3-5-19)14-31-27(36)32-10-8-22(34)9-11-32/h2-7,12-13,22,34H,8-11,14-16H2,1H3,(H,31,36). The number of carbonyl (C=O) groups excluding carboxylic acids is 1. The molecule has 0 atom stereocenters. The lowest BCUT2D eigenvalue weighted by Gasteiger charge is -2.29. The molecular formula is C27H28BrF2N3O4. The van der Waals surface area contributed by atoms with Gasteiger partial charge in [-0.2, -0.15) is 0 Å². The highest BCUT2D eigenvalue weighted by molar-refractivity contribution is 9.10. The summed E-state index contributed by atoms with van der Waals surface area (Å²) >= 11 is 3.29. The van der Waals surface area contributed by atoms with Crippen LogP contribution in [-0.2, 0) is 19.7 Å². The van der Waals surface area contributed by atoms with Crippen LogP contribution in [0.5, 0.6) is 5.75 Å². The van der Waals surface area contributed by atoms with Gasteiger partial charge in [0.05, 0.1) is 12.6 Å². The van der Waals surface area contributed by atoms with Gasteiger partial charge in [-0.05, 0) is 59.0 Å². The minimum Gasteiger partial charge on any atom is -0.487 e. The number of hydrogen-bond donors (Lipinski definition) is 2. The number of pyridine rings is 1. The smallest absolute Gasteiger partial charge is 0.317 e. The monoisotopic (exact) mass is 575 g/mol. The highest BCUT2D eigenvalue weighted by atomic mass is 79.9. The summed E-state index contributed by atoms with van der Waals surface area (Å²) in [5.74, 6) is -1.11. The van der Waals surface area contributed by atoms with E-state index in [4.69, 9.17) is 4.74 Å². The summed E-state index contributed by atoms with van der Waals surface area (Å²) in [6.45, 7) is 3.43. The minimum absolute atomic E-state index is 0.146. The van der Waals surface area contributed by atoms with Crippen LogP contribution in [0, 0.1) is 18.6 Å². The molecule has 4 rings (SSSR count).